The van der Waals surface area contributed by atoms with E-state index in [1.165, 1.54) is 0 Å². The van der Waals surface area contributed by atoms with Gasteiger partial charge >= 0.3 is 0 Å². The van der Waals surface area contributed by atoms with E-state index in [2.05, 4.69) is 20.8 Å². The standard InChI is InChI=1S/C20H29N3O4.ClH/c1-4-5-8-26-19-16-9-14(27-12-18(22)24)6-7-15(16)20(25)23(11-13(2)3)17(19)10-21;/h6-7,9,13H,4-5,8,10-12,21H2,1-3H3,(H2,22,24);1H. The molecule has 0 spiro atoms. The first kappa shape index (κ1) is 23.8. The van der Waals surface area contributed by atoms with E-state index in [9.17, 15) is 9.59 Å². The van der Waals surface area contributed by atoms with Gasteiger partial charge in [0.05, 0.1) is 17.7 Å². The third-order valence-corrected chi connectivity index (χ3v) is 4.17. The number of carbonyl (C=O) groups is 1. The number of ether oxygens (including phenoxy) is 2. The Bertz CT molecular complexity index is 865. The summed E-state index contributed by atoms with van der Waals surface area (Å²) in [6, 6.07) is 5.06. The molecular formula is C20H30ClN3O4. The molecule has 0 saturated heterocycles. The van der Waals surface area contributed by atoms with Crippen molar-refractivity contribution in [2.45, 2.75) is 46.7 Å². The van der Waals surface area contributed by atoms with Crippen molar-refractivity contribution in [2.24, 2.45) is 17.4 Å². The lowest BCUT2D eigenvalue weighted by Crippen LogP contribution is -2.28. The zero-order chi connectivity index (χ0) is 20.0. The molecule has 4 N–H and O–H groups in total. The number of unbranched alkanes of at least 4 members (excludes halogenated alkanes) is 1. The summed E-state index contributed by atoms with van der Waals surface area (Å²) in [5.41, 5.74) is 11.7. The molecule has 0 atom stereocenters. The summed E-state index contributed by atoms with van der Waals surface area (Å²) < 4.78 is 13.2. The zero-order valence-corrected chi connectivity index (χ0v) is 17.5. The Labute approximate surface area is 171 Å². The molecule has 0 aliphatic heterocycles. The molecule has 2 rings (SSSR count). The van der Waals surface area contributed by atoms with Crippen LogP contribution in [0.5, 0.6) is 11.5 Å². The van der Waals surface area contributed by atoms with E-state index in [1.807, 2.05) is 0 Å². The molecule has 0 aliphatic carbocycles. The molecule has 28 heavy (non-hydrogen) atoms. The molecule has 0 aliphatic rings. The Morgan fingerprint density at radius 1 is 1.21 bits per heavy atom. The molecule has 0 unspecified atom stereocenters. The van der Waals surface area contributed by atoms with Crippen LogP contribution in [0.4, 0.5) is 0 Å². The van der Waals surface area contributed by atoms with Crippen LogP contribution in [-0.4, -0.2) is 23.7 Å². The first-order valence-electron chi connectivity index (χ1n) is 9.32. The van der Waals surface area contributed by atoms with Crippen LogP contribution >= 0.6 is 12.4 Å². The van der Waals surface area contributed by atoms with Gasteiger partial charge in [0.15, 0.2) is 6.61 Å². The summed E-state index contributed by atoms with van der Waals surface area (Å²) >= 11 is 0. The fourth-order valence-electron chi connectivity index (χ4n) is 2.93. The number of hydrogen-bond donors (Lipinski definition) is 2. The van der Waals surface area contributed by atoms with Gasteiger partial charge in [-0.25, -0.2) is 0 Å². The number of fused-ring (bicyclic) bond motifs is 1. The number of amides is 1. The quantitative estimate of drug-likeness (QED) is 0.584. The van der Waals surface area contributed by atoms with E-state index in [0.29, 0.717) is 41.1 Å². The molecule has 0 bridgehead atoms. The molecule has 0 radical (unpaired) electrons. The summed E-state index contributed by atoms with van der Waals surface area (Å²) in [7, 11) is 0. The lowest BCUT2D eigenvalue weighted by molar-refractivity contribution is -0.119. The summed E-state index contributed by atoms with van der Waals surface area (Å²) in [4.78, 5) is 24.0. The Hall–Kier alpha value is -2.25. The second-order valence-corrected chi connectivity index (χ2v) is 6.95. The topological polar surface area (TPSA) is 110 Å². The highest BCUT2D eigenvalue weighted by atomic mass is 35.5. The van der Waals surface area contributed by atoms with Crippen molar-refractivity contribution in [3.63, 3.8) is 0 Å². The van der Waals surface area contributed by atoms with Crippen molar-refractivity contribution < 1.29 is 14.3 Å². The molecule has 8 heteroatoms. The molecule has 156 valence electrons. The highest BCUT2D eigenvalue weighted by molar-refractivity contribution is 5.90. The molecule has 7 nitrogen and oxygen atoms in total. The van der Waals surface area contributed by atoms with Crippen molar-refractivity contribution >= 4 is 29.1 Å². The predicted molar refractivity (Wildman–Crippen MR) is 113 cm³/mol. The van der Waals surface area contributed by atoms with Crippen molar-refractivity contribution in [3.05, 3.63) is 34.2 Å². The Balaban J connectivity index is 0.00000392. The molecule has 1 aromatic heterocycles. The van der Waals surface area contributed by atoms with Gasteiger partial charge in [0.25, 0.3) is 11.5 Å². The van der Waals surface area contributed by atoms with Gasteiger partial charge in [-0.3, -0.25) is 9.59 Å². The maximum atomic E-state index is 13.0. The number of nitrogens with two attached hydrogens (primary N) is 2. The van der Waals surface area contributed by atoms with Gasteiger partial charge in [0.2, 0.25) is 0 Å². The maximum absolute atomic E-state index is 13.0. The second kappa shape index (κ2) is 10.9. The van der Waals surface area contributed by atoms with Gasteiger partial charge in [0.1, 0.15) is 11.5 Å². The van der Waals surface area contributed by atoms with Gasteiger partial charge < -0.3 is 25.5 Å². The van der Waals surface area contributed by atoms with Crippen LogP contribution in [0, 0.1) is 5.92 Å². The molecule has 0 fully saturated rings. The molecule has 1 aromatic carbocycles. The fraction of sp³-hybridized carbons (Fsp3) is 0.500. The van der Waals surface area contributed by atoms with Gasteiger partial charge in [-0.1, -0.05) is 27.2 Å². The molecule has 2 aromatic rings. The lowest BCUT2D eigenvalue weighted by Gasteiger charge is -2.20. The zero-order valence-electron chi connectivity index (χ0n) is 16.7. The first-order valence-corrected chi connectivity index (χ1v) is 9.32. The Kier molecular flexibility index (Phi) is 9.28. The minimum Gasteiger partial charge on any atom is -0.491 e. The van der Waals surface area contributed by atoms with Crippen LogP contribution in [0.25, 0.3) is 10.8 Å². The third kappa shape index (κ3) is 5.62. The summed E-state index contributed by atoms with van der Waals surface area (Å²) in [5.74, 6) is 0.771. The average Bonchev–Trinajstić information content (AvgIpc) is 2.63. The average molecular weight is 412 g/mol. The second-order valence-electron chi connectivity index (χ2n) is 6.95. The summed E-state index contributed by atoms with van der Waals surface area (Å²) in [6.07, 6.45) is 1.89. The number of benzene rings is 1. The molecule has 1 amide bonds. The van der Waals surface area contributed by atoms with Crippen LogP contribution in [-0.2, 0) is 17.9 Å². The van der Waals surface area contributed by atoms with Crippen molar-refractivity contribution in [2.75, 3.05) is 13.2 Å². The highest BCUT2D eigenvalue weighted by Gasteiger charge is 2.18. The monoisotopic (exact) mass is 411 g/mol. The van der Waals surface area contributed by atoms with Crippen LogP contribution in [0.15, 0.2) is 23.0 Å². The van der Waals surface area contributed by atoms with Gasteiger partial charge in [-0.2, -0.15) is 0 Å². The van der Waals surface area contributed by atoms with E-state index < -0.39 is 5.91 Å². The van der Waals surface area contributed by atoms with E-state index in [4.69, 9.17) is 20.9 Å². The smallest absolute Gasteiger partial charge is 0.258 e. The fourth-order valence-corrected chi connectivity index (χ4v) is 2.93. The van der Waals surface area contributed by atoms with Crippen molar-refractivity contribution in [1.29, 1.82) is 0 Å². The van der Waals surface area contributed by atoms with Crippen LogP contribution < -0.4 is 26.5 Å². The first-order chi connectivity index (χ1) is 12.9. The van der Waals surface area contributed by atoms with Gasteiger partial charge in [0, 0.05) is 18.5 Å². The van der Waals surface area contributed by atoms with Crippen LogP contribution in [0.1, 0.15) is 39.3 Å². The van der Waals surface area contributed by atoms with Crippen molar-refractivity contribution in [1.82, 2.24) is 4.57 Å². The number of hydrogen-bond acceptors (Lipinski definition) is 5. The predicted octanol–water partition coefficient (Wildman–Crippen LogP) is 2.58. The maximum Gasteiger partial charge on any atom is 0.258 e. The molecular weight excluding hydrogens is 382 g/mol. The summed E-state index contributed by atoms with van der Waals surface area (Å²) in [6.45, 7) is 7.24. The van der Waals surface area contributed by atoms with Gasteiger partial charge in [-0.05, 0) is 30.5 Å². The molecule has 0 saturated carbocycles. The lowest BCUT2D eigenvalue weighted by atomic mass is 10.1. The van der Waals surface area contributed by atoms with Crippen LogP contribution in [0.2, 0.25) is 0 Å². The Morgan fingerprint density at radius 3 is 2.50 bits per heavy atom. The minimum absolute atomic E-state index is 0. The number of pyridine rings is 1. The van der Waals surface area contributed by atoms with Gasteiger partial charge in [-0.15, -0.1) is 12.4 Å². The summed E-state index contributed by atoms with van der Waals surface area (Å²) in [5, 5.41) is 1.17. The van der Waals surface area contributed by atoms with E-state index in [-0.39, 0.29) is 37.0 Å². The van der Waals surface area contributed by atoms with Crippen LogP contribution in [0.3, 0.4) is 0 Å². The number of primary amides is 1. The number of halogens is 1. The normalized spacial score (nSPS) is 10.8. The SMILES string of the molecule is CCCCOc1c(CN)n(CC(C)C)c(=O)c2ccc(OCC(N)=O)cc12.Cl. The number of carbonyl (C=O) groups excluding carboxylic acids is 1. The van der Waals surface area contributed by atoms with E-state index in [0.717, 1.165) is 12.8 Å². The van der Waals surface area contributed by atoms with E-state index in [1.54, 1.807) is 22.8 Å². The van der Waals surface area contributed by atoms with E-state index >= 15 is 0 Å². The largest absolute Gasteiger partial charge is 0.491 e. The number of aromatic nitrogens is 1. The number of rotatable bonds is 10. The number of nitrogens with zero attached hydrogens (tertiary/aromatic N) is 1. The Morgan fingerprint density at radius 2 is 1.93 bits per heavy atom. The van der Waals surface area contributed by atoms with Crippen molar-refractivity contribution in [3.8, 4) is 11.5 Å². The molecule has 1 heterocycles. The third-order valence-electron chi connectivity index (χ3n) is 4.17. The minimum atomic E-state index is -0.565. The highest BCUT2D eigenvalue weighted by Crippen LogP contribution is 2.31.